The van der Waals surface area contributed by atoms with Crippen LogP contribution in [0.15, 0.2) is 17.1 Å². The number of hydrogen-bond donors (Lipinski definition) is 2. The molecule has 3 N–H and O–H groups in total. The Hall–Kier alpha value is -1.60. The Morgan fingerprint density at radius 1 is 1.25 bits per heavy atom. The maximum Gasteiger partial charge on any atom is 0.387 e. The highest BCUT2D eigenvalue weighted by Crippen LogP contribution is 2.38. The van der Waals surface area contributed by atoms with Crippen LogP contribution >= 0.6 is 24.0 Å². The molecule has 0 bridgehead atoms. The third kappa shape index (κ3) is 6.78. The van der Waals surface area contributed by atoms with Gasteiger partial charge < -0.3 is 30.0 Å². The predicted octanol–water partition coefficient (Wildman–Crippen LogP) is 1.76. The van der Waals surface area contributed by atoms with E-state index in [1.54, 1.807) is 6.07 Å². The molecule has 2 heterocycles. The number of guanidine groups is 1. The average molecular weight is 514 g/mol. The number of rotatable bonds is 8. The lowest BCUT2D eigenvalue weighted by Crippen LogP contribution is -2.39. The highest BCUT2D eigenvalue weighted by atomic mass is 127. The number of alkyl halides is 2. The van der Waals surface area contributed by atoms with E-state index in [1.165, 1.54) is 6.07 Å². The second kappa shape index (κ2) is 11.4. The third-order valence-corrected chi connectivity index (χ3v) is 4.25. The Bertz CT molecular complexity index is 660. The standard InChI is InChI=1S/C17H24F2N4O4.HI/c18-16(19)27-13-9-15-14(25-11-26-15)8-12(13)10-22-17(20)21-2-1-3-23-4-6-24-7-5-23;/h8-9,16H,1-7,10-11H2,(H3,20,21,22);1H. The van der Waals surface area contributed by atoms with E-state index in [0.717, 1.165) is 39.3 Å². The summed E-state index contributed by atoms with van der Waals surface area (Å²) in [7, 11) is 0. The van der Waals surface area contributed by atoms with Gasteiger partial charge in [0, 0.05) is 31.3 Å². The van der Waals surface area contributed by atoms with Gasteiger partial charge in [-0.05, 0) is 19.0 Å². The number of aliphatic imine (C=N–C) groups is 1. The number of halogens is 3. The first kappa shape index (κ1) is 22.7. The van der Waals surface area contributed by atoms with Crippen LogP contribution in [0.3, 0.4) is 0 Å². The van der Waals surface area contributed by atoms with Crippen LogP contribution in [0.5, 0.6) is 17.2 Å². The van der Waals surface area contributed by atoms with E-state index < -0.39 is 6.61 Å². The molecule has 1 aromatic rings. The molecule has 8 nitrogen and oxygen atoms in total. The fourth-order valence-electron chi connectivity index (χ4n) is 2.86. The molecule has 0 unspecified atom stereocenters. The normalized spacial score (nSPS) is 16.8. The van der Waals surface area contributed by atoms with Crippen molar-refractivity contribution in [2.45, 2.75) is 19.6 Å². The zero-order chi connectivity index (χ0) is 19.1. The van der Waals surface area contributed by atoms with Crippen molar-refractivity contribution in [3.05, 3.63) is 17.7 Å². The summed E-state index contributed by atoms with van der Waals surface area (Å²) in [6.07, 6.45) is 0.917. The topological polar surface area (TPSA) is 90.6 Å². The molecule has 0 spiro atoms. The van der Waals surface area contributed by atoms with E-state index in [1.807, 2.05) is 0 Å². The quantitative estimate of drug-likeness (QED) is 0.237. The van der Waals surface area contributed by atoms with Gasteiger partial charge in [-0.2, -0.15) is 8.78 Å². The Kier molecular flexibility index (Phi) is 9.25. The van der Waals surface area contributed by atoms with Gasteiger partial charge in [-0.15, -0.1) is 24.0 Å². The van der Waals surface area contributed by atoms with Gasteiger partial charge in [0.1, 0.15) is 5.75 Å². The summed E-state index contributed by atoms with van der Waals surface area (Å²) in [5.41, 5.74) is 6.31. The number of nitrogens with one attached hydrogen (secondary N) is 1. The zero-order valence-electron chi connectivity index (χ0n) is 15.4. The minimum absolute atomic E-state index is 0. The van der Waals surface area contributed by atoms with Crippen LogP contribution in [0.4, 0.5) is 8.78 Å². The van der Waals surface area contributed by atoms with Crippen molar-refractivity contribution in [2.24, 2.45) is 10.7 Å². The molecule has 158 valence electrons. The lowest BCUT2D eigenvalue weighted by Gasteiger charge is -2.26. The maximum absolute atomic E-state index is 12.6. The first-order valence-electron chi connectivity index (χ1n) is 8.83. The molecule has 0 atom stereocenters. The number of morpholine rings is 1. The van der Waals surface area contributed by atoms with Crippen LogP contribution < -0.4 is 25.3 Å². The second-order valence-corrected chi connectivity index (χ2v) is 6.13. The zero-order valence-corrected chi connectivity index (χ0v) is 17.7. The fraction of sp³-hybridized carbons (Fsp3) is 0.588. The molecule has 0 saturated carbocycles. The third-order valence-electron chi connectivity index (χ3n) is 4.25. The second-order valence-electron chi connectivity index (χ2n) is 6.13. The molecule has 2 aliphatic rings. The molecule has 28 heavy (non-hydrogen) atoms. The van der Waals surface area contributed by atoms with Crippen LogP contribution in [0.1, 0.15) is 12.0 Å². The van der Waals surface area contributed by atoms with Crippen LogP contribution in [0, 0.1) is 0 Å². The van der Waals surface area contributed by atoms with Gasteiger partial charge in [0.05, 0.1) is 19.8 Å². The molecule has 1 aromatic carbocycles. The summed E-state index contributed by atoms with van der Waals surface area (Å²) < 4.78 is 45.6. The van der Waals surface area contributed by atoms with Crippen molar-refractivity contribution >= 4 is 29.9 Å². The minimum atomic E-state index is -2.94. The Morgan fingerprint density at radius 2 is 1.96 bits per heavy atom. The van der Waals surface area contributed by atoms with Crippen molar-refractivity contribution < 1.29 is 27.7 Å². The Labute approximate surface area is 179 Å². The van der Waals surface area contributed by atoms with Gasteiger partial charge in [0.25, 0.3) is 0 Å². The molecule has 1 saturated heterocycles. The molecule has 0 radical (unpaired) electrons. The lowest BCUT2D eigenvalue weighted by atomic mass is 10.1. The van der Waals surface area contributed by atoms with Crippen molar-refractivity contribution in [1.82, 2.24) is 10.2 Å². The molecule has 1 fully saturated rings. The lowest BCUT2D eigenvalue weighted by molar-refractivity contribution is -0.0505. The van der Waals surface area contributed by atoms with Crippen LogP contribution in [0.2, 0.25) is 0 Å². The summed E-state index contributed by atoms with van der Waals surface area (Å²) in [6, 6.07) is 2.96. The van der Waals surface area contributed by atoms with Crippen molar-refractivity contribution in [2.75, 3.05) is 46.2 Å². The van der Waals surface area contributed by atoms with Crippen molar-refractivity contribution in [1.29, 1.82) is 0 Å². The predicted molar refractivity (Wildman–Crippen MR) is 110 cm³/mol. The first-order valence-corrected chi connectivity index (χ1v) is 8.83. The summed E-state index contributed by atoms with van der Waals surface area (Å²) >= 11 is 0. The van der Waals surface area contributed by atoms with E-state index >= 15 is 0 Å². The molecular formula is C17H25F2IN4O4. The summed E-state index contributed by atoms with van der Waals surface area (Å²) in [5.74, 6) is 1.09. The smallest absolute Gasteiger partial charge is 0.387 e. The average Bonchev–Trinajstić information content (AvgIpc) is 3.11. The Morgan fingerprint density at radius 3 is 2.68 bits per heavy atom. The van der Waals surface area contributed by atoms with E-state index in [9.17, 15) is 8.78 Å². The van der Waals surface area contributed by atoms with E-state index in [0.29, 0.717) is 23.6 Å². The van der Waals surface area contributed by atoms with Gasteiger partial charge >= 0.3 is 6.61 Å². The summed E-state index contributed by atoms with van der Waals surface area (Å²) in [5, 5.41) is 3.03. The SMILES string of the molecule is I.NC(=NCc1cc2c(cc1OC(F)F)OCO2)NCCCN1CCOCC1. The van der Waals surface area contributed by atoms with Crippen LogP contribution in [-0.2, 0) is 11.3 Å². The molecule has 0 aliphatic carbocycles. The maximum atomic E-state index is 12.6. The van der Waals surface area contributed by atoms with E-state index in [2.05, 4.69) is 19.9 Å². The van der Waals surface area contributed by atoms with E-state index in [-0.39, 0.29) is 49.0 Å². The largest absolute Gasteiger partial charge is 0.454 e. The minimum Gasteiger partial charge on any atom is -0.454 e. The van der Waals surface area contributed by atoms with Crippen LogP contribution in [-0.4, -0.2) is 63.7 Å². The van der Waals surface area contributed by atoms with Crippen molar-refractivity contribution in [3.8, 4) is 17.2 Å². The highest BCUT2D eigenvalue weighted by molar-refractivity contribution is 14.0. The number of benzene rings is 1. The number of fused-ring (bicyclic) bond motifs is 1. The molecule has 3 rings (SSSR count). The van der Waals surface area contributed by atoms with E-state index in [4.69, 9.17) is 19.9 Å². The Balaban J connectivity index is 0.00000280. The highest BCUT2D eigenvalue weighted by Gasteiger charge is 2.20. The molecular weight excluding hydrogens is 489 g/mol. The number of ether oxygens (including phenoxy) is 4. The number of nitrogens with zero attached hydrogens (tertiary/aromatic N) is 2. The monoisotopic (exact) mass is 514 g/mol. The summed E-state index contributed by atoms with van der Waals surface area (Å²) in [6.45, 7) is 2.26. The van der Waals surface area contributed by atoms with Crippen LogP contribution in [0.25, 0.3) is 0 Å². The molecule has 0 aromatic heterocycles. The van der Waals surface area contributed by atoms with Crippen molar-refractivity contribution in [3.63, 3.8) is 0 Å². The van der Waals surface area contributed by atoms with Gasteiger partial charge in [-0.3, -0.25) is 4.90 Å². The fourth-order valence-corrected chi connectivity index (χ4v) is 2.86. The molecule has 2 aliphatic heterocycles. The first-order chi connectivity index (χ1) is 13.1. The molecule has 11 heteroatoms. The van der Waals surface area contributed by atoms with Gasteiger partial charge in [-0.25, -0.2) is 4.99 Å². The van der Waals surface area contributed by atoms with Gasteiger partial charge in [-0.1, -0.05) is 0 Å². The van der Waals surface area contributed by atoms with Gasteiger partial charge in [0.15, 0.2) is 17.5 Å². The number of nitrogens with two attached hydrogens (primary N) is 1. The number of hydrogen-bond acceptors (Lipinski definition) is 6. The van der Waals surface area contributed by atoms with Gasteiger partial charge in [0.2, 0.25) is 6.79 Å². The summed E-state index contributed by atoms with van der Waals surface area (Å²) in [4.78, 5) is 6.53. The molecule has 0 amide bonds.